The lowest BCUT2D eigenvalue weighted by atomic mass is 10.2. The molecule has 1 aliphatic carbocycles. The standard InChI is InChI=1S/C17H18FIN4O2/c18-11-5-6-14(15(19)7-11)17(25)22-13-8-20-23(9-13)10-16(24)21-12-3-1-2-4-12/h5-9,12H,1-4,10H2,(H,21,24)(H,22,25). The van der Waals surface area contributed by atoms with Crippen LogP contribution in [0.4, 0.5) is 10.1 Å². The van der Waals surface area contributed by atoms with E-state index in [-0.39, 0.29) is 30.2 Å². The zero-order chi connectivity index (χ0) is 17.8. The molecule has 1 aromatic carbocycles. The smallest absolute Gasteiger partial charge is 0.256 e. The van der Waals surface area contributed by atoms with E-state index in [2.05, 4.69) is 15.7 Å². The third-order valence-electron chi connectivity index (χ3n) is 4.09. The van der Waals surface area contributed by atoms with Gasteiger partial charge in [0.1, 0.15) is 12.4 Å². The van der Waals surface area contributed by atoms with E-state index in [1.54, 1.807) is 6.20 Å². The van der Waals surface area contributed by atoms with Crippen molar-refractivity contribution in [1.82, 2.24) is 15.1 Å². The predicted molar refractivity (Wildman–Crippen MR) is 99.7 cm³/mol. The molecule has 0 unspecified atom stereocenters. The van der Waals surface area contributed by atoms with Gasteiger partial charge in [-0.15, -0.1) is 0 Å². The molecule has 0 aliphatic heterocycles. The van der Waals surface area contributed by atoms with Crippen molar-refractivity contribution < 1.29 is 14.0 Å². The van der Waals surface area contributed by atoms with E-state index in [4.69, 9.17) is 0 Å². The van der Waals surface area contributed by atoms with E-state index in [0.29, 0.717) is 14.8 Å². The lowest BCUT2D eigenvalue weighted by Crippen LogP contribution is -2.35. The zero-order valence-corrected chi connectivity index (χ0v) is 15.6. The third-order valence-corrected chi connectivity index (χ3v) is 4.99. The van der Waals surface area contributed by atoms with E-state index in [9.17, 15) is 14.0 Å². The SMILES string of the molecule is O=C(Cn1cc(NC(=O)c2ccc(F)cc2I)cn1)NC1CCCC1. The fraction of sp³-hybridized carbons (Fsp3) is 0.353. The van der Waals surface area contributed by atoms with Crippen LogP contribution in [0, 0.1) is 9.39 Å². The van der Waals surface area contributed by atoms with Crippen LogP contribution < -0.4 is 10.6 Å². The lowest BCUT2D eigenvalue weighted by Gasteiger charge is -2.11. The van der Waals surface area contributed by atoms with Gasteiger partial charge < -0.3 is 10.6 Å². The van der Waals surface area contributed by atoms with Gasteiger partial charge >= 0.3 is 0 Å². The van der Waals surface area contributed by atoms with Crippen molar-refractivity contribution in [3.8, 4) is 0 Å². The maximum absolute atomic E-state index is 13.1. The Morgan fingerprint density at radius 3 is 2.80 bits per heavy atom. The molecular weight excluding hydrogens is 438 g/mol. The highest BCUT2D eigenvalue weighted by atomic mass is 127. The predicted octanol–water partition coefficient (Wildman–Crippen LogP) is 2.94. The van der Waals surface area contributed by atoms with E-state index >= 15 is 0 Å². The molecule has 1 heterocycles. The van der Waals surface area contributed by atoms with Gasteiger partial charge in [0.15, 0.2) is 0 Å². The molecule has 2 amide bonds. The minimum atomic E-state index is -0.387. The first kappa shape index (κ1) is 17.8. The Kier molecular flexibility index (Phi) is 5.67. The summed E-state index contributed by atoms with van der Waals surface area (Å²) in [5, 5.41) is 9.79. The molecule has 0 saturated heterocycles. The minimum absolute atomic E-state index is 0.0824. The van der Waals surface area contributed by atoms with Gasteiger partial charge in [0.05, 0.1) is 17.4 Å². The molecule has 132 valence electrons. The molecular formula is C17H18FIN4O2. The fourth-order valence-corrected chi connectivity index (χ4v) is 3.60. The van der Waals surface area contributed by atoms with Gasteiger partial charge in [-0.2, -0.15) is 5.10 Å². The average Bonchev–Trinajstić information content (AvgIpc) is 3.19. The first-order valence-corrected chi connectivity index (χ1v) is 9.17. The number of aromatic nitrogens is 2. The Morgan fingerprint density at radius 2 is 2.08 bits per heavy atom. The normalized spacial score (nSPS) is 14.5. The van der Waals surface area contributed by atoms with Crippen LogP contribution in [0.15, 0.2) is 30.6 Å². The second kappa shape index (κ2) is 7.94. The summed E-state index contributed by atoms with van der Waals surface area (Å²) in [5.74, 6) is -0.817. The van der Waals surface area contributed by atoms with Crippen LogP contribution in [0.2, 0.25) is 0 Å². The van der Waals surface area contributed by atoms with Crippen LogP contribution in [0.3, 0.4) is 0 Å². The number of carbonyl (C=O) groups excluding carboxylic acids is 2. The van der Waals surface area contributed by atoms with Gasteiger partial charge in [-0.1, -0.05) is 12.8 Å². The molecule has 8 heteroatoms. The molecule has 2 N–H and O–H groups in total. The number of nitrogens with zero attached hydrogens (tertiary/aromatic N) is 2. The maximum Gasteiger partial charge on any atom is 0.256 e. The van der Waals surface area contributed by atoms with Gasteiger partial charge in [0, 0.05) is 15.8 Å². The fourth-order valence-electron chi connectivity index (χ4n) is 2.88. The molecule has 0 radical (unpaired) electrons. The minimum Gasteiger partial charge on any atom is -0.352 e. The molecule has 1 fully saturated rings. The van der Waals surface area contributed by atoms with Gasteiger partial charge in [-0.25, -0.2) is 4.39 Å². The summed E-state index contributed by atoms with van der Waals surface area (Å²) in [6, 6.07) is 4.24. The van der Waals surface area contributed by atoms with Crippen LogP contribution in [0.25, 0.3) is 0 Å². The van der Waals surface area contributed by atoms with Crippen molar-refractivity contribution in [3.63, 3.8) is 0 Å². The Morgan fingerprint density at radius 1 is 1.32 bits per heavy atom. The Hall–Kier alpha value is -1.97. The summed E-state index contributed by atoms with van der Waals surface area (Å²) in [6.45, 7) is 0.112. The summed E-state index contributed by atoms with van der Waals surface area (Å²) in [4.78, 5) is 24.3. The summed E-state index contributed by atoms with van der Waals surface area (Å²) in [6.07, 6.45) is 7.46. The molecule has 0 atom stereocenters. The summed E-state index contributed by atoms with van der Waals surface area (Å²) >= 11 is 1.91. The summed E-state index contributed by atoms with van der Waals surface area (Å²) < 4.78 is 15.1. The largest absolute Gasteiger partial charge is 0.352 e. The van der Waals surface area contributed by atoms with Crippen LogP contribution >= 0.6 is 22.6 Å². The monoisotopic (exact) mass is 456 g/mol. The van der Waals surface area contributed by atoms with Crippen LogP contribution in [-0.4, -0.2) is 27.6 Å². The van der Waals surface area contributed by atoms with Gasteiger partial charge in [-0.3, -0.25) is 14.3 Å². The van der Waals surface area contributed by atoms with E-state index in [1.807, 2.05) is 22.6 Å². The number of hydrogen-bond acceptors (Lipinski definition) is 3. The highest BCUT2D eigenvalue weighted by molar-refractivity contribution is 14.1. The number of amides is 2. The molecule has 25 heavy (non-hydrogen) atoms. The number of carbonyl (C=O) groups is 2. The number of hydrogen-bond donors (Lipinski definition) is 2. The topological polar surface area (TPSA) is 76.0 Å². The molecule has 1 aliphatic rings. The quantitative estimate of drug-likeness (QED) is 0.680. The van der Waals surface area contributed by atoms with E-state index < -0.39 is 0 Å². The maximum atomic E-state index is 13.1. The average molecular weight is 456 g/mol. The molecule has 0 bridgehead atoms. The van der Waals surface area contributed by atoms with Crippen molar-refractivity contribution >= 4 is 40.1 Å². The Labute approximate surface area is 158 Å². The molecule has 1 saturated carbocycles. The van der Waals surface area contributed by atoms with Crippen LogP contribution in [0.5, 0.6) is 0 Å². The highest BCUT2D eigenvalue weighted by Gasteiger charge is 2.17. The Bertz CT molecular complexity index is 787. The molecule has 2 aromatic rings. The van der Waals surface area contributed by atoms with Crippen LogP contribution in [0.1, 0.15) is 36.0 Å². The first-order valence-electron chi connectivity index (χ1n) is 8.09. The molecule has 1 aromatic heterocycles. The number of anilines is 1. The first-order chi connectivity index (χ1) is 12.0. The van der Waals surface area contributed by atoms with Gasteiger partial charge in [0.25, 0.3) is 5.91 Å². The van der Waals surface area contributed by atoms with Crippen molar-refractivity contribution in [2.24, 2.45) is 0 Å². The molecule has 3 rings (SSSR count). The van der Waals surface area contributed by atoms with Crippen molar-refractivity contribution in [3.05, 3.63) is 45.5 Å². The van der Waals surface area contributed by atoms with Crippen molar-refractivity contribution in [2.75, 3.05) is 5.32 Å². The number of rotatable bonds is 5. The Balaban J connectivity index is 1.57. The molecule has 6 nitrogen and oxygen atoms in total. The van der Waals surface area contributed by atoms with E-state index in [1.165, 1.54) is 29.1 Å². The summed E-state index contributed by atoms with van der Waals surface area (Å²) in [7, 11) is 0. The van der Waals surface area contributed by atoms with Gasteiger partial charge in [-0.05, 0) is 53.6 Å². The highest BCUT2D eigenvalue weighted by Crippen LogP contribution is 2.18. The van der Waals surface area contributed by atoms with Crippen molar-refractivity contribution in [1.29, 1.82) is 0 Å². The summed E-state index contributed by atoms with van der Waals surface area (Å²) in [5.41, 5.74) is 0.868. The third kappa shape index (κ3) is 4.77. The van der Waals surface area contributed by atoms with Gasteiger partial charge in [0.2, 0.25) is 5.91 Å². The number of halogens is 2. The number of nitrogens with one attached hydrogen (secondary N) is 2. The molecule has 0 spiro atoms. The lowest BCUT2D eigenvalue weighted by molar-refractivity contribution is -0.122. The van der Waals surface area contributed by atoms with Crippen molar-refractivity contribution in [2.45, 2.75) is 38.3 Å². The van der Waals surface area contributed by atoms with E-state index in [0.717, 1.165) is 25.7 Å². The second-order valence-corrected chi connectivity index (χ2v) is 7.22. The number of benzene rings is 1. The zero-order valence-electron chi connectivity index (χ0n) is 13.5. The van der Waals surface area contributed by atoms with Crippen LogP contribution in [-0.2, 0) is 11.3 Å². The second-order valence-electron chi connectivity index (χ2n) is 6.05.